The van der Waals surface area contributed by atoms with Crippen LogP contribution in [0.15, 0.2) is 23.1 Å². The van der Waals surface area contributed by atoms with E-state index in [1.807, 2.05) is 0 Å². The number of fused-ring (bicyclic) bond motifs is 1. The second-order valence-electron chi connectivity index (χ2n) is 4.26. The predicted octanol–water partition coefficient (Wildman–Crippen LogP) is 0.773. The molecule has 0 bridgehead atoms. The smallest absolute Gasteiger partial charge is 0.275 e. The molecule has 1 aromatic rings. The highest BCUT2D eigenvalue weighted by molar-refractivity contribution is 8.06. The molecule has 1 heterocycles. The lowest BCUT2D eigenvalue weighted by molar-refractivity contribution is -0.114. The van der Waals surface area contributed by atoms with Crippen molar-refractivity contribution in [3.8, 4) is 0 Å². The van der Waals surface area contributed by atoms with Crippen molar-refractivity contribution >= 4 is 26.3 Å². The maximum Gasteiger partial charge on any atom is 0.275 e. The van der Waals surface area contributed by atoms with Crippen molar-refractivity contribution in [1.82, 2.24) is 0 Å². The minimum Gasteiger partial charge on any atom is -0.398 e. The first-order valence-electron chi connectivity index (χ1n) is 4.73. The van der Waals surface area contributed by atoms with Gasteiger partial charge in [-0.3, -0.25) is 4.79 Å². The summed E-state index contributed by atoms with van der Waals surface area (Å²) in [5.74, 6) is 0. The number of nitrogens with two attached hydrogens (primary N) is 1. The van der Waals surface area contributed by atoms with E-state index in [0.29, 0.717) is 5.69 Å². The predicted molar refractivity (Wildman–Crippen MR) is 60.7 cm³/mol. The van der Waals surface area contributed by atoms with Gasteiger partial charge in [-0.05, 0) is 26.0 Å². The van der Waals surface area contributed by atoms with Gasteiger partial charge in [0.05, 0.1) is 11.4 Å². The fraction of sp³-hybridized carbons (Fsp3) is 0.300. The summed E-state index contributed by atoms with van der Waals surface area (Å²) >= 11 is 0. The van der Waals surface area contributed by atoms with Crippen molar-refractivity contribution in [3.63, 3.8) is 0 Å². The average Bonchev–Trinajstić information content (AvgIpc) is 2.13. The first-order valence-corrected chi connectivity index (χ1v) is 6.21. The summed E-state index contributed by atoms with van der Waals surface area (Å²) < 4.78 is 23.9. The maximum atomic E-state index is 12.0. The van der Waals surface area contributed by atoms with E-state index in [-0.39, 0.29) is 10.6 Å². The van der Waals surface area contributed by atoms with Crippen LogP contribution in [0.25, 0.3) is 0 Å². The van der Waals surface area contributed by atoms with Crippen LogP contribution in [0.4, 0.5) is 11.4 Å². The van der Waals surface area contributed by atoms with Gasteiger partial charge in [0.15, 0.2) is 0 Å². The summed E-state index contributed by atoms with van der Waals surface area (Å²) in [4.78, 5) is 11.7. The van der Waals surface area contributed by atoms with Crippen LogP contribution in [0.3, 0.4) is 0 Å². The number of nitrogens with one attached hydrogen (secondary N) is 1. The monoisotopic (exact) mass is 240 g/mol. The maximum absolute atomic E-state index is 12.0. The van der Waals surface area contributed by atoms with Crippen molar-refractivity contribution in [1.29, 1.82) is 0 Å². The van der Waals surface area contributed by atoms with E-state index in [2.05, 4.69) is 5.32 Å². The lowest BCUT2D eigenvalue weighted by Crippen LogP contribution is -2.48. The van der Waals surface area contributed by atoms with Crippen molar-refractivity contribution in [2.75, 3.05) is 11.1 Å². The van der Waals surface area contributed by atoms with Gasteiger partial charge in [-0.15, -0.1) is 0 Å². The SMILES string of the molecule is CC1(C)Nc2cccc(N)c2S(=O)(=O)C1=O. The van der Waals surface area contributed by atoms with Crippen molar-refractivity contribution < 1.29 is 13.2 Å². The van der Waals surface area contributed by atoms with Gasteiger partial charge in [-0.2, -0.15) is 0 Å². The zero-order valence-electron chi connectivity index (χ0n) is 8.94. The van der Waals surface area contributed by atoms with E-state index in [1.165, 1.54) is 19.9 Å². The van der Waals surface area contributed by atoms with Crippen LogP contribution < -0.4 is 11.1 Å². The summed E-state index contributed by atoms with van der Waals surface area (Å²) in [5.41, 5.74) is 4.94. The second-order valence-corrected chi connectivity index (χ2v) is 6.05. The molecule has 0 atom stereocenters. The molecular weight excluding hydrogens is 228 g/mol. The molecule has 2 rings (SSSR count). The number of benzene rings is 1. The van der Waals surface area contributed by atoms with Crippen LogP contribution in [0.2, 0.25) is 0 Å². The molecule has 86 valence electrons. The second kappa shape index (κ2) is 2.98. The van der Waals surface area contributed by atoms with Crippen LogP contribution in [0.5, 0.6) is 0 Å². The van der Waals surface area contributed by atoms with Gasteiger partial charge in [0, 0.05) is 0 Å². The summed E-state index contributed by atoms with van der Waals surface area (Å²) in [7, 11) is -3.99. The van der Waals surface area contributed by atoms with Gasteiger partial charge < -0.3 is 11.1 Å². The summed E-state index contributed by atoms with van der Waals surface area (Å²) in [6.45, 7) is 3.05. The van der Waals surface area contributed by atoms with E-state index in [0.717, 1.165) is 0 Å². The van der Waals surface area contributed by atoms with E-state index in [1.54, 1.807) is 12.1 Å². The highest BCUT2D eigenvalue weighted by atomic mass is 32.2. The Kier molecular flexibility index (Phi) is 2.03. The Bertz CT molecular complexity index is 576. The van der Waals surface area contributed by atoms with Crippen molar-refractivity contribution in [2.24, 2.45) is 0 Å². The number of anilines is 2. The number of hydrogen-bond acceptors (Lipinski definition) is 5. The molecule has 1 aromatic carbocycles. The third-order valence-corrected chi connectivity index (χ3v) is 4.51. The molecule has 0 aromatic heterocycles. The van der Waals surface area contributed by atoms with Gasteiger partial charge in [-0.25, -0.2) is 8.42 Å². The first kappa shape index (κ1) is 10.9. The third kappa shape index (κ3) is 1.30. The quantitative estimate of drug-likeness (QED) is 0.654. The Morgan fingerprint density at radius 3 is 2.56 bits per heavy atom. The van der Waals surface area contributed by atoms with Gasteiger partial charge in [0.25, 0.3) is 5.12 Å². The molecule has 1 aliphatic rings. The average molecular weight is 240 g/mol. The zero-order valence-corrected chi connectivity index (χ0v) is 9.76. The van der Waals surface area contributed by atoms with Gasteiger partial charge in [-0.1, -0.05) is 6.07 Å². The van der Waals surface area contributed by atoms with Crippen molar-refractivity contribution in [2.45, 2.75) is 24.3 Å². The molecule has 0 aliphatic carbocycles. The Morgan fingerprint density at radius 2 is 1.94 bits per heavy atom. The fourth-order valence-corrected chi connectivity index (χ4v) is 3.46. The Hall–Kier alpha value is -1.56. The lowest BCUT2D eigenvalue weighted by Gasteiger charge is -2.31. The molecule has 1 aliphatic heterocycles. The van der Waals surface area contributed by atoms with Crippen LogP contribution >= 0.6 is 0 Å². The molecule has 6 heteroatoms. The van der Waals surface area contributed by atoms with Crippen molar-refractivity contribution in [3.05, 3.63) is 18.2 Å². The van der Waals surface area contributed by atoms with Crippen LogP contribution in [0, 0.1) is 0 Å². The number of carbonyl (C=O) groups excluding carboxylic acids is 1. The highest BCUT2D eigenvalue weighted by Gasteiger charge is 2.45. The number of sulfone groups is 1. The van der Waals surface area contributed by atoms with Crippen LogP contribution in [-0.2, 0) is 14.6 Å². The molecule has 0 amide bonds. The van der Waals surface area contributed by atoms with Gasteiger partial charge >= 0.3 is 0 Å². The van der Waals surface area contributed by atoms with E-state index < -0.39 is 20.5 Å². The fourth-order valence-electron chi connectivity index (χ4n) is 1.77. The molecule has 3 N–H and O–H groups in total. The van der Waals surface area contributed by atoms with E-state index >= 15 is 0 Å². The Labute approximate surface area is 93.6 Å². The first-order chi connectivity index (χ1) is 7.27. The molecule has 16 heavy (non-hydrogen) atoms. The lowest BCUT2D eigenvalue weighted by atomic mass is 10.1. The topological polar surface area (TPSA) is 89.3 Å². The number of carbonyl (C=O) groups is 1. The molecule has 0 fully saturated rings. The van der Waals surface area contributed by atoms with Crippen LogP contribution in [-0.4, -0.2) is 19.1 Å². The molecule has 0 radical (unpaired) electrons. The number of rotatable bonds is 0. The zero-order chi connectivity index (χ0) is 12.1. The molecule has 0 spiro atoms. The standard InChI is InChI=1S/C10H12N2O3S/c1-10(2)9(13)16(14,15)8-6(11)4-3-5-7(8)12-10/h3-5,12H,11H2,1-2H3. The normalized spacial score (nSPS) is 21.0. The highest BCUT2D eigenvalue weighted by Crippen LogP contribution is 2.37. The Morgan fingerprint density at radius 1 is 1.31 bits per heavy atom. The number of nitrogen functional groups attached to an aromatic ring is 1. The molecule has 0 saturated carbocycles. The third-order valence-electron chi connectivity index (χ3n) is 2.52. The minimum absolute atomic E-state index is 0.0915. The minimum atomic E-state index is -3.99. The summed E-state index contributed by atoms with van der Waals surface area (Å²) in [6.07, 6.45) is 0. The molecule has 0 saturated heterocycles. The molecule has 0 unspecified atom stereocenters. The molecule has 5 nitrogen and oxygen atoms in total. The number of hydrogen-bond donors (Lipinski definition) is 2. The summed E-state index contributed by atoms with van der Waals surface area (Å²) in [5, 5.41) is 2.02. The largest absolute Gasteiger partial charge is 0.398 e. The summed E-state index contributed by atoms with van der Waals surface area (Å²) in [6, 6.07) is 4.70. The van der Waals surface area contributed by atoms with Gasteiger partial charge in [0.1, 0.15) is 10.4 Å². The van der Waals surface area contributed by atoms with Crippen LogP contribution in [0.1, 0.15) is 13.8 Å². The Balaban J connectivity index is 2.83. The van der Waals surface area contributed by atoms with E-state index in [9.17, 15) is 13.2 Å². The van der Waals surface area contributed by atoms with Gasteiger partial charge in [0.2, 0.25) is 9.84 Å². The van der Waals surface area contributed by atoms with E-state index in [4.69, 9.17) is 5.73 Å². The molecular formula is C10H12N2O3S.